The largest absolute Gasteiger partial charge is 0.314 e. The van der Waals surface area contributed by atoms with Gasteiger partial charge in [-0.2, -0.15) is 5.10 Å². The maximum Gasteiger partial charge on any atom is 0.138 e. The number of nitrogens with zero attached hydrogens (tertiary/aromatic N) is 3. The SMILES string of the molecule is CCCn1ncnc1CC=CCCNC1CC1. The molecule has 2 rings (SSSR count). The first-order chi connectivity index (χ1) is 8.40. The first-order valence-corrected chi connectivity index (χ1v) is 6.65. The van der Waals surface area contributed by atoms with E-state index in [0.717, 1.165) is 44.2 Å². The highest BCUT2D eigenvalue weighted by atomic mass is 15.3. The zero-order valence-corrected chi connectivity index (χ0v) is 10.6. The van der Waals surface area contributed by atoms with Crippen molar-refractivity contribution in [3.8, 4) is 0 Å². The Kier molecular flexibility index (Phi) is 4.74. The molecular formula is C13H22N4. The summed E-state index contributed by atoms with van der Waals surface area (Å²) in [6.45, 7) is 4.22. The normalized spacial score (nSPS) is 15.8. The van der Waals surface area contributed by atoms with Gasteiger partial charge in [0.05, 0.1) is 0 Å². The van der Waals surface area contributed by atoms with Crippen LogP contribution in [0, 0.1) is 0 Å². The third kappa shape index (κ3) is 4.30. The Morgan fingerprint density at radius 3 is 3.12 bits per heavy atom. The molecule has 1 aliphatic rings. The molecule has 4 heteroatoms. The summed E-state index contributed by atoms with van der Waals surface area (Å²) in [5.74, 6) is 1.07. The van der Waals surface area contributed by atoms with E-state index in [1.54, 1.807) is 6.33 Å². The van der Waals surface area contributed by atoms with Gasteiger partial charge in [0.2, 0.25) is 0 Å². The Morgan fingerprint density at radius 1 is 1.47 bits per heavy atom. The molecule has 1 heterocycles. The van der Waals surface area contributed by atoms with Crippen LogP contribution in [0.4, 0.5) is 0 Å². The van der Waals surface area contributed by atoms with Crippen molar-refractivity contribution in [2.75, 3.05) is 6.54 Å². The monoisotopic (exact) mass is 234 g/mol. The topological polar surface area (TPSA) is 42.7 Å². The van der Waals surface area contributed by atoms with Crippen molar-refractivity contribution in [3.05, 3.63) is 24.3 Å². The maximum absolute atomic E-state index is 4.28. The molecule has 0 amide bonds. The lowest BCUT2D eigenvalue weighted by Crippen LogP contribution is -2.16. The van der Waals surface area contributed by atoms with E-state index >= 15 is 0 Å². The fourth-order valence-corrected chi connectivity index (χ4v) is 1.81. The predicted molar refractivity (Wildman–Crippen MR) is 68.8 cm³/mol. The summed E-state index contributed by atoms with van der Waals surface area (Å²) >= 11 is 0. The van der Waals surface area contributed by atoms with Crippen LogP contribution in [0.2, 0.25) is 0 Å². The Labute approximate surface area is 103 Å². The van der Waals surface area contributed by atoms with Gasteiger partial charge in [-0.05, 0) is 32.2 Å². The zero-order chi connectivity index (χ0) is 11.9. The average molecular weight is 234 g/mol. The average Bonchev–Trinajstić information content (AvgIpc) is 3.05. The smallest absolute Gasteiger partial charge is 0.138 e. The van der Waals surface area contributed by atoms with Gasteiger partial charge in [0.1, 0.15) is 12.2 Å². The van der Waals surface area contributed by atoms with Crippen LogP contribution in [0.15, 0.2) is 18.5 Å². The van der Waals surface area contributed by atoms with E-state index in [1.807, 2.05) is 4.68 Å². The summed E-state index contributed by atoms with van der Waals surface area (Å²) in [4.78, 5) is 4.28. The van der Waals surface area contributed by atoms with E-state index in [4.69, 9.17) is 0 Å². The Balaban J connectivity index is 1.64. The summed E-state index contributed by atoms with van der Waals surface area (Å²) in [6, 6.07) is 0.816. The van der Waals surface area contributed by atoms with Gasteiger partial charge in [0.25, 0.3) is 0 Å². The molecule has 17 heavy (non-hydrogen) atoms. The molecule has 1 aliphatic carbocycles. The standard InChI is InChI=1S/C13H22N4/c1-2-10-17-13(15-11-16-17)6-4-3-5-9-14-12-7-8-12/h3-4,11-12,14H,2,5-10H2,1H3. The van der Waals surface area contributed by atoms with Crippen LogP contribution in [0.1, 0.15) is 38.4 Å². The molecule has 0 aliphatic heterocycles. The number of allylic oxidation sites excluding steroid dienone is 1. The highest BCUT2D eigenvalue weighted by molar-refractivity contribution is 4.96. The van der Waals surface area contributed by atoms with Gasteiger partial charge < -0.3 is 5.32 Å². The van der Waals surface area contributed by atoms with E-state index in [9.17, 15) is 0 Å². The lowest BCUT2D eigenvalue weighted by molar-refractivity contribution is 0.577. The molecule has 0 spiro atoms. The van der Waals surface area contributed by atoms with Crippen LogP contribution in [-0.4, -0.2) is 27.4 Å². The minimum absolute atomic E-state index is 0.816. The van der Waals surface area contributed by atoms with E-state index in [0.29, 0.717) is 0 Å². The quantitative estimate of drug-likeness (QED) is 0.552. The number of nitrogens with one attached hydrogen (secondary N) is 1. The number of rotatable bonds is 8. The highest BCUT2D eigenvalue weighted by Crippen LogP contribution is 2.18. The van der Waals surface area contributed by atoms with Gasteiger partial charge in [0.15, 0.2) is 0 Å². The fraction of sp³-hybridized carbons (Fsp3) is 0.692. The zero-order valence-electron chi connectivity index (χ0n) is 10.6. The molecular weight excluding hydrogens is 212 g/mol. The van der Waals surface area contributed by atoms with Crippen molar-refractivity contribution in [2.45, 2.75) is 51.6 Å². The molecule has 0 aromatic carbocycles. The Hall–Kier alpha value is -1.16. The fourth-order valence-electron chi connectivity index (χ4n) is 1.81. The van der Waals surface area contributed by atoms with Crippen LogP contribution in [-0.2, 0) is 13.0 Å². The summed E-state index contributed by atoms with van der Waals surface area (Å²) in [5, 5.41) is 7.71. The van der Waals surface area contributed by atoms with E-state index in [-0.39, 0.29) is 0 Å². The second-order valence-corrected chi connectivity index (χ2v) is 4.59. The van der Waals surface area contributed by atoms with Gasteiger partial charge in [-0.1, -0.05) is 19.1 Å². The number of aromatic nitrogens is 3. The molecule has 4 nitrogen and oxygen atoms in total. The summed E-state index contributed by atoms with van der Waals surface area (Å²) < 4.78 is 1.99. The van der Waals surface area contributed by atoms with E-state index in [1.165, 1.54) is 12.8 Å². The first kappa shape index (κ1) is 12.3. The molecule has 94 valence electrons. The molecule has 1 aromatic heterocycles. The van der Waals surface area contributed by atoms with Crippen LogP contribution in [0.3, 0.4) is 0 Å². The minimum atomic E-state index is 0.816. The van der Waals surface area contributed by atoms with Gasteiger partial charge in [-0.3, -0.25) is 0 Å². The van der Waals surface area contributed by atoms with Crippen molar-refractivity contribution in [1.82, 2.24) is 20.1 Å². The lowest BCUT2D eigenvalue weighted by atomic mass is 10.3. The van der Waals surface area contributed by atoms with Crippen molar-refractivity contribution < 1.29 is 0 Å². The number of aryl methyl sites for hydroxylation is 1. The van der Waals surface area contributed by atoms with Gasteiger partial charge in [-0.15, -0.1) is 0 Å². The number of hydrogen-bond acceptors (Lipinski definition) is 3. The van der Waals surface area contributed by atoms with Crippen molar-refractivity contribution >= 4 is 0 Å². The van der Waals surface area contributed by atoms with Crippen molar-refractivity contribution in [1.29, 1.82) is 0 Å². The van der Waals surface area contributed by atoms with E-state index in [2.05, 4.69) is 34.5 Å². The Morgan fingerprint density at radius 2 is 2.35 bits per heavy atom. The van der Waals surface area contributed by atoms with Gasteiger partial charge >= 0.3 is 0 Å². The molecule has 0 bridgehead atoms. The van der Waals surface area contributed by atoms with Crippen LogP contribution in [0.5, 0.6) is 0 Å². The molecule has 1 aromatic rings. The minimum Gasteiger partial charge on any atom is -0.314 e. The Bertz CT molecular complexity index is 352. The van der Waals surface area contributed by atoms with Crippen LogP contribution < -0.4 is 5.32 Å². The third-order valence-electron chi connectivity index (χ3n) is 2.92. The van der Waals surface area contributed by atoms with Crippen molar-refractivity contribution in [3.63, 3.8) is 0 Å². The second kappa shape index (κ2) is 6.55. The second-order valence-electron chi connectivity index (χ2n) is 4.59. The van der Waals surface area contributed by atoms with Crippen LogP contribution >= 0.6 is 0 Å². The number of hydrogen-bond donors (Lipinski definition) is 1. The summed E-state index contributed by atoms with van der Waals surface area (Å²) in [6.07, 6.45) is 11.9. The predicted octanol–water partition coefficient (Wildman–Crippen LogP) is 1.93. The maximum atomic E-state index is 4.28. The molecule has 0 atom stereocenters. The molecule has 0 saturated heterocycles. The third-order valence-corrected chi connectivity index (χ3v) is 2.92. The molecule has 0 radical (unpaired) electrons. The highest BCUT2D eigenvalue weighted by Gasteiger charge is 2.19. The van der Waals surface area contributed by atoms with Crippen LogP contribution in [0.25, 0.3) is 0 Å². The molecule has 0 unspecified atom stereocenters. The summed E-state index contributed by atoms with van der Waals surface area (Å²) in [5.41, 5.74) is 0. The molecule has 1 N–H and O–H groups in total. The van der Waals surface area contributed by atoms with E-state index < -0.39 is 0 Å². The van der Waals surface area contributed by atoms with Gasteiger partial charge in [0, 0.05) is 19.0 Å². The first-order valence-electron chi connectivity index (χ1n) is 6.65. The van der Waals surface area contributed by atoms with Crippen molar-refractivity contribution in [2.24, 2.45) is 0 Å². The molecule has 1 fully saturated rings. The molecule has 1 saturated carbocycles. The lowest BCUT2D eigenvalue weighted by Gasteiger charge is -2.01. The summed E-state index contributed by atoms with van der Waals surface area (Å²) in [7, 11) is 0. The van der Waals surface area contributed by atoms with Gasteiger partial charge in [-0.25, -0.2) is 9.67 Å².